The zero-order chi connectivity index (χ0) is 13.4. The van der Waals surface area contributed by atoms with E-state index in [4.69, 9.17) is 12.2 Å². The SMILES string of the molecule is Cc1nn(C)c2c1[nH]c(=S)n2CC(=O)NC(C)C. The van der Waals surface area contributed by atoms with Crippen molar-refractivity contribution in [1.29, 1.82) is 0 Å². The van der Waals surface area contributed by atoms with E-state index in [-0.39, 0.29) is 18.5 Å². The van der Waals surface area contributed by atoms with Gasteiger partial charge in [-0.25, -0.2) is 0 Å². The Hall–Kier alpha value is -1.63. The monoisotopic (exact) mass is 267 g/mol. The van der Waals surface area contributed by atoms with Crippen molar-refractivity contribution in [2.45, 2.75) is 33.4 Å². The number of imidazole rings is 1. The van der Waals surface area contributed by atoms with Gasteiger partial charge in [0.1, 0.15) is 12.1 Å². The number of fused-ring (bicyclic) bond motifs is 1. The van der Waals surface area contributed by atoms with Crippen molar-refractivity contribution in [2.75, 3.05) is 0 Å². The fraction of sp³-hybridized carbons (Fsp3) is 0.545. The first-order chi connectivity index (χ1) is 8.40. The van der Waals surface area contributed by atoms with Gasteiger partial charge in [0.2, 0.25) is 5.91 Å². The number of hydrogen-bond donors (Lipinski definition) is 2. The highest BCUT2D eigenvalue weighted by Crippen LogP contribution is 2.16. The van der Waals surface area contributed by atoms with Gasteiger partial charge in [-0.3, -0.25) is 14.0 Å². The number of rotatable bonds is 3. The van der Waals surface area contributed by atoms with Crippen molar-refractivity contribution >= 4 is 29.3 Å². The second kappa shape index (κ2) is 4.56. The molecule has 0 aromatic carbocycles. The number of carbonyl (C=O) groups is 1. The quantitative estimate of drug-likeness (QED) is 0.823. The molecule has 2 aromatic heterocycles. The number of amides is 1. The van der Waals surface area contributed by atoms with Crippen molar-refractivity contribution in [3.05, 3.63) is 10.5 Å². The van der Waals surface area contributed by atoms with Crippen molar-refractivity contribution in [3.63, 3.8) is 0 Å². The average Bonchev–Trinajstić information content (AvgIpc) is 2.67. The third kappa shape index (κ3) is 2.17. The predicted octanol–water partition coefficient (Wildman–Crippen LogP) is 1.27. The van der Waals surface area contributed by atoms with Crippen LogP contribution < -0.4 is 5.32 Å². The molecule has 0 radical (unpaired) electrons. The summed E-state index contributed by atoms with van der Waals surface area (Å²) in [6, 6.07) is 0.120. The molecular weight excluding hydrogens is 250 g/mol. The molecule has 0 saturated heterocycles. The van der Waals surface area contributed by atoms with E-state index in [2.05, 4.69) is 15.4 Å². The van der Waals surface area contributed by atoms with Gasteiger partial charge in [0.25, 0.3) is 0 Å². The smallest absolute Gasteiger partial charge is 0.240 e. The van der Waals surface area contributed by atoms with Crippen LogP contribution in [-0.4, -0.2) is 31.3 Å². The molecule has 2 aromatic rings. The van der Waals surface area contributed by atoms with Gasteiger partial charge in [-0.15, -0.1) is 0 Å². The maximum atomic E-state index is 11.8. The van der Waals surface area contributed by atoms with Crippen LogP contribution in [0.15, 0.2) is 0 Å². The molecule has 98 valence electrons. The Morgan fingerprint density at radius 2 is 2.22 bits per heavy atom. The van der Waals surface area contributed by atoms with Gasteiger partial charge >= 0.3 is 0 Å². The minimum Gasteiger partial charge on any atom is -0.352 e. The van der Waals surface area contributed by atoms with Gasteiger partial charge in [0, 0.05) is 13.1 Å². The standard InChI is InChI=1S/C11H17N5OS/c1-6(2)12-8(17)5-16-10-9(13-11(16)18)7(3)14-15(10)4/h6H,5H2,1-4H3,(H,12,17)(H,13,18). The van der Waals surface area contributed by atoms with Gasteiger partial charge in [0.05, 0.1) is 5.69 Å². The number of aromatic nitrogens is 4. The first-order valence-electron chi connectivity index (χ1n) is 5.81. The molecule has 0 saturated carbocycles. The summed E-state index contributed by atoms with van der Waals surface area (Å²) in [7, 11) is 1.84. The molecule has 0 aliphatic heterocycles. The summed E-state index contributed by atoms with van der Waals surface area (Å²) in [6.07, 6.45) is 0. The topological polar surface area (TPSA) is 67.6 Å². The number of aromatic amines is 1. The van der Waals surface area contributed by atoms with Gasteiger partial charge in [-0.05, 0) is 33.0 Å². The highest BCUT2D eigenvalue weighted by Gasteiger charge is 2.15. The maximum absolute atomic E-state index is 11.8. The molecule has 0 unspecified atom stereocenters. The third-order valence-corrected chi connectivity index (χ3v) is 3.00. The summed E-state index contributed by atoms with van der Waals surface area (Å²) in [4.78, 5) is 14.9. The van der Waals surface area contributed by atoms with Crippen molar-refractivity contribution in [1.82, 2.24) is 24.6 Å². The Morgan fingerprint density at radius 3 is 2.83 bits per heavy atom. The van der Waals surface area contributed by atoms with Crippen LogP contribution in [0.25, 0.3) is 11.2 Å². The zero-order valence-electron chi connectivity index (χ0n) is 10.9. The third-order valence-electron chi connectivity index (χ3n) is 2.68. The van der Waals surface area contributed by atoms with E-state index in [1.54, 1.807) is 9.25 Å². The van der Waals surface area contributed by atoms with Crippen LogP contribution in [0, 0.1) is 11.7 Å². The lowest BCUT2D eigenvalue weighted by atomic mass is 10.4. The second-order valence-electron chi connectivity index (χ2n) is 4.65. The van der Waals surface area contributed by atoms with Crippen LogP contribution in [0.3, 0.4) is 0 Å². The molecule has 2 N–H and O–H groups in total. The zero-order valence-corrected chi connectivity index (χ0v) is 11.8. The van der Waals surface area contributed by atoms with E-state index in [1.807, 2.05) is 27.8 Å². The first kappa shape index (κ1) is 12.8. The van der Waals surface area contributed by atoms with Crippen LogP contribution >= 0.6 is 12.2 Å². The van der Waals surface area contributed by atoms with Gasteiger partial charge in [-0.2, -0.15) is 5.10 Å². The Labute approximate surface area is 110 Å². The highest BCUT2D eigenvalue weighted by molar-refractivity contribution is 7.71. The largest absolute Gasteiger partial charge is 0.352 e. The Kier molecular flexibility index (Phi) is 3.25. The molecular formula is C11H17N5OS. The molecule has 0 aliphatic carbocycles. The maximum Gasteiger partial charge on any atom is 0.240 e. The summed E-state index contributed by atoms with van der Waals surface area (Å²) in [5.74, 6) is -0.0548. The number of aryl methyl sites for hydroxylation is 2. The number of hydrogen-bond acceptors (Lipinski definition) is 3. The van der Waals surface area contributed by atoms with E-state index >= 15 is 0 Å². The Balaban J connectivity index is 2.42. The minimum absolute atomic E-state index is 0.0548. The molecule has 0 spiro atoms. The minimum atomic E-state index is -0.0548. The normalized spacial score (nSPS) is 11.4. The molecule has 0 atom stereocenters. The number of nitrogens with zero attached hydrogens (tertiary/aromatic N) is 3. The number of H-pyrrole nitrogens is 1. The van der Waals surface area contributed by atoms with Crippen molar-refractivity contribution < 1.29 is 4.79 Å². The van der Waals surface area contributed by atoms with E-state index in [1.165, 1.54) is 0 Å². The van der Waals surface area contributed by atoms with E-state index in [0.29, 0.717) is 4.77 Å². The second-order valence-corrected chi connectivity index (χ2v) is 5.03. The molecule has 7 heteroatoms. The molecule has 2 rings (SSSR count). The molecule has 0 aliphatic rings. The van der Waals surface area contributed by atoms with Crippen LogP contribution in [0.4, 0.5) is 0 Å². The van der Waals surface area contributed by atoms with Crippen LogP contribution in [0.5, 0.6) is 0 Å². The van der Waals surface area contributed by atoms with E-state index in [0.717, 1.165) is 16.9 Å². The fourth-order valence-corrected chi connectivity index (χ4v) is 2.28. The van der Waals surface area contributed by atoms with Gasteiger partial charge in [-0.1, -0.05) is 0 Å². The first-order valence-corrected chi connectivity index (χ1v) is 6.22. The summed E-state index contributed by atoms with van der Waals surface area (Å²) >= 11 is 5.24. The molecule has 1 amide bonds. The van der Waals surface area contributed by atoms with Crippen molar-refractivity contribution in [3.8, 4) is 0 Å². The van der Waals surface area contributed by atoms with E-state index in [9.17, 15) is 4.79 Å². The predicted molar refractivity (Wildman–Crippen MR) is 71.9 cm³/mol. The molecule has 18 heavy (non-hydrogen) atoms. The lowest BCUT2D eigenvalue weighted by Gasteiger charge is -2.09. The van der Waals surface area contributed by atoms with Gasteiger partial charge in [0.15, 0.2) is 10.4 Å². The summed E-state index contributed by atoms with van der Waals surface area (Å²) in [6.45, 7) is 5.97. The Morgan fingerprint density at radius 1 is 1.56 bits per heavy atom. The number of carbonyl (C=O) groups excluding carboxylic acids is 1. The lowest BCUT2D eigenvalue weighted by Crippen LogP contribution is -2.33. The van der Waals surface area contributed by atoms with E-state index < -0.39 is 0 Å². The molecule has 0 fully saturated rings. The van der Waals surface area contributed by atoms with Crippen molar-refractivity contribution in [2.24, 2.45) is 7.05 Å². The fourth-order valence-electron chi connectivity index (χ4n) is 2.03. The molecule has 2 heterocycles. The summed E-state index contributed by atoms with van der Waals surface area (Å²) < 4.78 is 4.04. The molecule has 6 nitrogen and oxygen atoms in total. The average molecular weight is 267 g/mol. The van der Waals surface area contributed by atoms with Gasteiger partial charge < -0.3 is 10.3 Å². The molecule has 0 bridgehead atoms. The number of nitrogens with one attached hydrogen (secondary N) is 2. The summed E-state index contributed by atoms with van der Waals surface area (Å²) in [5.41, 5.74) is 2.61. The van der Waals surface area contributed by atoms with Crippen LogP contribution in [0.2, 0.25) is 0 Å². The summed E-state index contributed by atoms with van der Waals surface area (Å²) in [5, 5.41) is 7.16. The van der Waals surface area contributed by atoms with Crippen LogP contribution in [-0.2, 0) is 18.4 Å². The Bertz CT molecular complexity index is 648. The lowest BCUT2D eigenvalue weighted by molar-refractivity contribution is -0.122. The van der Waals surface area contributed by atoms with Crippen LogP contribution in [0.1, 0.15) is 19.5 Å². The highest BCUT2D eigenvalue weighted by atomic mass is 32.1.